The van der Waals surface area contributed by atoms with Crippen molar-refractivity contribution >= 4 is 43.1 Å². The van der Waals surface area contributed by atoms with Crippen LogP contribution in [0.1, 0.15) is 19.3 Å². The molecule has 4 heterocycles. The van der Waals surface area contributed by atoms with Crippen molar-refractivity contribution in [2.24, 2.45) is 0 Å². The number of aromatic nitrogens is 2. The van der Waals surface area contributed by atoms with Crippen LogP contribution in [-0.4, -0.2) is 22.5 Å². The van der Waals surface area contributed by atoms with Gasteiger partial charge in [-0.2, -0.15) is 0 Å². The molecule has 5 rings (SSSR count). The summed E-state index contributed by atoms with van der Waals surface area (Å²) in [6.45, 7) is 2.26. The molecular weight excluding hydrogens is 290 g/mol. The lowest BCUT2D eigenvalue weighted by molar-refractivity contribution is 0.575. The largest absolute Gasteiger partial charge is 0.355 e. The monoisotopic (exact) mass is 307 g/mol. The maximum Gasteiger partial charge on any atom is 0.154 e. The highest BCUT2D eigenvalue weighted by molar-refractivity contribution is 7.25. The topological polar surface area (TPSA) is 20.5 Å². The second-order valence-electron chi connectivity index (χ2n) is 6.00. The molecule has 0 atom stereocenters. The van der Waals surface area contributed by atoms with Crippen molar-refractivity contribution in [1.29, 1.82) is 0 Å². The summed E-state index contributed by atoms with van der Waals surface area (Å²) in [5.74, 6) is 1.16. The summed E-state index contributed by atoms with van der Waals surface area (Å²) in [7, 11) is 0. The van der Waals surface area contributed by atoms with Crippen molar-refractivity contribution in [1.82, 2.24) is 9.38 Å². The number of thiophene rings is 1. The Morgan fingerprint density at radius 1 is 0.955 bits per heavy atom. The van der Waals surface area contributed by atoms with Crippen LogP contribution in [0.5, 0.6) is 0 Å². The quantitative estimate of drug-likeness (QED) is 0.508. The lowest BCUT2D eigenvalue weighted by Crippen LogP contribution is -2.30. The molecule has 0 saturated carbocycles. The summed E-state index contributed by atoms with van der Waals surface area (Å²) in [5, 5.41) is 1.31. The molecule has 1 fully saturated rings. The zero-order valence-corrected chi connectivity index (χ0v) is 13.1. The third-order valence-electron chi connectivity index (χ3n) is 4.63. The molecule has 0 bridgehead atoms. The SMILES string of the molecule is c1ccc2c(c1)sc1nc(N3CCCCC3)c3cccn3c12. The number of fused-ring (bicyclic) bond motifs is 5. The Kier molecular flexibility index (Phi) is 2.67. The van der Waals surface area contributed by atoms with Crippen molar-refractivity contribution in [3.05, 3.63) is 42.6 Å². The third-order valence-corrected chi connectivity index (χ3v) is 5.69. The molecule has 1 aromatic carbocycles. The van der Waals surface area contributed by atoms with E-state index in [2.05, 4.69) is 51.9 Å². The number of rotatable bonds is 1. The Balaban J connectivity index is 1.86. The predicted molar refractivity (Wildman–Crippen MR) is 94.1 cm³/mol. The first kappa shape index (κ1) is 12.5. The van der Waals surface area contributed by atoms with Gasteiger partial charge >= 0.3 is 0 Å². The van der Waals surface area contributed by atoms with Crippen molar-refractivity contribution in [3.8, 4) is 0 Å². The molecule has 1 aliphatic heterocycles. The van der Waals surface area contributed by atoms with Gasteiger partial charge in [0.25, 0.3) is 0 Å². The Morgan fingerprint density at radius 3 is 2.73 bits per heavy atom. The molecule has 3 nitrogen and oxygen atoms in total. The van der Waals surface area contributed by atoms with E-state index in [4.69, 9.17) is 4.98 Å². The molecular formula is C18H17N3S. The molecule has 110 valence electrons. The Hall–Kier alpha value is -2.07. The maximum absolute atomic E-state index is 5.06. The van der Waals surface area contributed by atoms with Crippen LogP contribution >= 0.6 is 11.3 Å². The molecule has 0 aliphatic carbocycles. The Labute approximate surface area is 132 Å². The highest BCUT2D eigenvalue weighted by Gasteiger charge is 2.19. The van der Waals surface area contributed by atoms with E-state index in [0.717, 1.165) is 23.7 Å². The minimum atomic E-state index is 1.13. The normalized spacial score (nSPS) is 16.1. The molecule has 3 aromatic heterocycles. The van der Waals surface area contributed by atoms with Gasteiger partial charge in [0, 0.05) is 29.4 Å². The molecule has 1 saturated heterocycles. The lowest BCUT2D eigenvalue weighted by atomic mass is 10.1. The summed E-state index contributed by atoms with van der Waals surface area (Å²) in [6, 6.07) is 12.9. The summed E-state index contributed by atoms with van der Waals surface area (Å²) >= 11 is 1.80. The van der Waals surface area contributed by atoms with Gasteiger partial charge in [0.05, 0.1) is 11.0 Å². The Bertz CT molecular complexity index is 976. The van der Waals surface area contributed by atoms with Gasteiger partial charge in [0.2, 0.25) is 0 Å². The maximum atomic E-state index is 5.06. The van der Waals surface area contributed by atoms with Crippen LogP contribution in [0, 0.1) is 0 Å². The van der Waals surface area contributed by atoms with E-state index >= 15 is 0 Å². The van der Waals surface area contributed by atoms with Crippen molar-refractivity contribution < 1.29 is 0 Å². The first-order valence-corrected chi connectivity index (χ1v) is 8.77. The van der Waals surface area contributed by atoms with E-state index in [1.165, 1.54) is 40.4 Å². The summed E-state index contributed by atoms with van der Waals surface area (Å²) in [5.41, 5.74) is 2.49. The average molecular weight is 307 g/mol. The summed E-state index contributed by atoms with van der Waals surface area (Å²) in [6.07, 6.45) is 6.07. The molecule has 1 aliphatic rings. The molecule has 0 radical (unpaired) electrons. The van der Waals surface area contributed by atoms with E-state index in [1.807, 2.05) is 0 Å². The summed E-state index contributed by atoms with van der Waals surface area (Å²) < 4.78 is 3.64. The third kappa shape index (κ3) is 1.70. The van der Waals surface area contributed by atoms with Gasteiger partial charge in [0.15, 0.2) is 5.82 Å². The molecule has 0 spiro atoms. The highest BCUT2D eigenvalue weighted by Crippen LogP contribution is 2.36. The smallest absolute Gasteiger partial charge is 0.154 e. The number of anilines is 1. The van der Waals surface area contributed by atoms with Crippen LogP contribution in [0.25, 0.3) is 25.9 Å². The van der Waals surface area contributed by atoms with Crippen LogP contribution in [0.4, 0.5) is 5.82 Å². The average Bonchev–Trinajstić information content (AvgIpc) is 3.18. The van der Waals surface area contributed by atoms with Crippen LogP contribution in [0.2, 0.25) is 0 Å². The van der Waals surface area contributed by atoms with E-state index in [9.17, 15) is 0 Å². The lowest BCUT2D eigenvalue weighted by Gasteiger charge is -2.28. The number of hydrogen-bond acceptors (Lipinski definition) is 3. The van der Waals surface area contributed by atoms with Gasteiger partial charge < -0.3 is 9.30 Å². The summed E-state index contributed by atoms with van der Waals surface area (Å²) in [4.78, 5) is 8.67. The molecule has 4 heteroatoms. The molecule has 22 heavy (non-hydrogen) atoms. The van der Waals surface area contributed by atoms with Gasteiger partial charge in [-0.3, -0.25) is 0 Å². The fraction of sp³-hybridized carbons (Fsp3) is 0.278. The fourth-order valence-electron chi connectivity index (χ4n) is 3.58. The predicted octanol–water partition coefficient (Wildman–Crippen LogP) is 4.69. The second-order valence-corrected chi connectivity index (χ2v) is 7.03. The number of nitrogens with zero attached hydrogens (tertiary/aromatic N) is 3. The molecule has 0 N–H and O–H groups in total. The van der Waals surface area contributed by atoms with Crippen LogP contribution in [0.15, 0.2) is 42.6 Å². The second kappa shape index (κ2) is 4.71. The van der Waals surface area contributed by atoms with Gasteiger partial charge in [-0.05, 0) is 37.5 Å². The van der Waals surface area contributed by atoms with Crippen molar-refractivity contribution in [2.75, 3.05) is 18.0 Å². The first-order valence-electron chi connectivity index (χ1n) is 7.95. The van der Waals surface area contributed by atoms with Crippen LogP contribution < -0.4 is 4.90 Å². The van der Waals surface area contributed by atoms with E-state index in [1.54, 1.807) is 11.3 Å². The highest BCUT2D eigenvalue weighted by atomic mass is 32.1. The Morgan fingerprint density at radius 2 is 1.82 bits per heavy atom. The minimum absolute atomic E-state index is 1.13. The first-order chi connectivity index (χ1) is 10.9. The number of hydrogen-bond donors (Lipinski definition) is 0. The minimum Gasteiger partial charge on any atom is -0.355 e. The molecule has 4 aromatic rings. The van der Waals surface area contributed by atoms with Crippen LogP contribution in [-0.2, 0) is 0 Å². The van der Waals surface area contributed by atoms with E-state index < -0.39 is 0 Å². The fourth-order valence-corrected chi connectivity index (χ4v) is 4.64. The van der Waals surface area contributed by atoms with E-state index in [0.29, 0.717) is 0 Å². The van der Waals surface area contributed by atoms with Crippen molar-refractivity contribution in [2.45, 2.75) is 19.3 Å². The number of piperidine rings is 1. The van der Waals surface area contributed by atoms with Gasteiger partial charge in [-0.25, -0.2) is 4.98 Å². The van der Waals surface area contributed by atoms with Gasteiger partial charge in [-0.1, -0.05) is 18.2 Å². The van der Waals surface area contributed by atoms with Crippen molar-refractivity contribution in [3.63, 3.8) is 0 Å². The molecule has 0 unspecified atom stereocenters. The zero-order chi connectivity index (χ0) is 14.5. The molecule has 0 amide bonds. The van der Waals surface area contributed by atoms with Crippen LogP contribution in [0.3, 0.4) is 0 Å². The number of benzene rings is 1. The van der Waals surface area contributed by atoms with Gasteiger partial charge in [-0.15, -0.1) is 11.3 Å². The zero-order valence-electron chi connectivity index (χ0n) is 12.3. The standard InChI is InChI=1S/C18H17N3S/c1-4-10-20(11-5-1)17-14-8-6-12-21(14)16-13-7-2-3-9-15(13)22-18(16)19-17/h2-3,6-9,12H,1,4-5,10-11H2. The van der Waals surface area contributed by atoms with Gasteiger partial charge in [0.1, 0.15) is 4.83 Å². The van der Waals surface area contributed by atoms with E-state index in [-0.39, 0.29) is 0 Å².